The number of primary amides is 1. The first-order valence-corrected chi connectivity index (χ1v) is 9.98. The molecule has 2 aliphatic rings. The highest BCUT2D eigenvalue weighted by Gasteiger charge is 2.46. The highest BCUT2D eigenvalue weighted by atomic mass is 35.5. The first-order chi connectivity index (χ1) is 13.9. The van der Waals surface area contributed by atoms with Gasteiger partial charge in [-0.25, -0.2) is 4.98 Å². The van der Waals surface area contributed by atoms with Crippen LogP contribution in [0.25, 0.3) is 0 Å². The maximum absolute atomic E-state index is 12.1. The van der Waals surface area contributed by atoms with Gasteiger partial charge in [-0.15, -0.1) is 0 Å². The number of aromatic nitrogens is 2. The van der Waals surface area contributed by atoms with Crippen molar-refractivity contribution in [1.82, 2.24) is 9.97 Å². The number of nitrogens with zero attached hydrogens (tertiary/aromatic N) is 3. The quantitative estimate of drug-likeness (QED) is 0.782. The number of nitrogens with two attached hydrogens (primary N) is 2. The predicted octanol–water partition coefficient (Wildman–Crippen LogP) is 2.09. The van der Waals surface area contributed by atoms with Crippen molar-refractivity contribution in [2.24, 2.45) is 5.73 Å². The molecule has 4 rings (SSSR count). The number of hydrogen-bond donors (Lipinski definition) is 2. The molecule has 1 aromatic carbocycles. The molecule has 2 aliphatic heterocycles. The zero-order valence-corrected chi connectivity index (χ0v) is 17.0. The van der Waals surface area contributed by atoms with E-state index in [9.17, 15) is 4.79 Å². The number of nitrogen functional groups attached to an aromatic ring is 1. The molecule has 2 fully saturated rings. The molecule has 2 saturated heterocycles. The van der Waals surface area contributed by atoms with Crippen LogP contribution in [0.1, 0.15) is 35.7 Å². The maximum Gasteiger partial charge on any atom is 0.254 e. The molecule has 154 valence electrons. The molecule has 0 aliphatic carbocycles. The molecular formula is C20H24ClN5O3. The summed E-state index contributed by atoms with van der Waals surface area (Å²) in [6, 6.07) is 7.16. The number of ether oxygens (including phenoxy) is 2. The van der Waals surface area contributed by atoms with Gasteiger partial charge >= 0.3 is 0 Å². The molecular weight excluding hydrogens is 394 g/mol. The normalized spacial score (nSPS) is 24.6. The number of rotatable bonds is 4. The summed E-state index contributed by atoms with van der Waals surface area (Å²) in [7, 11) is 0. The van der Waals surface area contributed by atoms with E-state index in [1.807, 2.05) is 19.1 Å². The second kappa shape index (κ2) is 7.78. The van der Waals surface area contributed by atoms with Crippen molar-refractivity contribution in [1.29, 1.82) is 0 Å². The van der Waals surface area contributed by atoms with Crippen molar-refractivity contribution in [2.45, 2.75) is 31.4 Å². The second-order valence-corrected chi connectivity index (χ2v) is 7.80. The summed E-state index contributed by atoms with van der Waals surface area (Å²) in [6.45, 7) is 4.16. The summed E-state index contributed by atoms with van der Waals surface area (Å²) in [5.41, 5.74) is 12.8. The number of hydrogen-bond acceptors (Lipinski definition) is 7. The minimum absolute atomic E-state index is 0.205. The number of amides is 1. The summed E-state index contributed by atoms with van der Waals surface area (Å²) in [6.07, 6.45) is 1.39. The number of carbonyl (C=O) groups excluding carboxylic acids is 1. The van der Waals surface area contributed by atoms with E-state index in [4.69, 9.17) is 32.5 Å². The fourth-order valence-electron chi connectivity index (χ4n) is 3.95. The summed E-state index contributed by atoms with van der Waals surface area (Å²) in [5, 5.41) is 0.576. The largest absolute Gasteiger partial charge is 0.379 e. The molecule has 0 saturated carbocycles. The fraction of sp³-hybridized carbons (Fsp3) is 0.450. The first-order valence-electron chi connectivity index (χ1n) is 9.60. The lowest BCUT2D eigenvalue weighted by Gasteiger charge is -2.40. The average molecular weight is 418 g/mol. The van der Waals surface area contributed by atoms with E-state index in [-0.39, 0.29) is 12.0 Å². The topological polar surface area (TPSA) is 117 Å². The van der Waals surface area contributed by atoms with Gasteiger partial charge < -0.3 is 25.8 Å². The Morgan fingerprint density at radius 3 is 2.76 bits per heavy atom. The number of carbonyl (C=O) groups is 1. The summed E-state index contributed by atoms with van der Waals surface area (Å²) >= 11 is 6.59. The zero-order chi connectivity index (χ0) is 20.6. The van der Waals surface area contributed by atoms with Gasteiger partial charge in [0.25, 0.3) is 5.91 Å². The van der Waals surface area contributed by atoms with Crippen LogP contribution < -0.4 is 16.4 Å². The van der Waals surface area contributed by atoms with E-state index in [0.29, 0.717) is 36.8 Å². The molecule has 1 aromatic heterocycles. The molecule has 8 nitrogen and oxygen atoms in total. The van der Waals surface area contributed by atoms with Crippen molar-refractivity contribution in [3.05, 3.63) is 46.1 Å². The standard InChI is InChI=1S/C20H24ClN5O3/c1-12-9-17(25-19(23)24-12)26-6-2-7-28-11-16(26)14-10-13(3-4-15(14)21)20(18(22)27)5-8-29-20/h3-4,9-10,16H,2,5-8,11H2,1H3,(H2,22,27)(H2,23,24,25). The van der Waals surface area contributed by atoms with E-state index in [1.165, 1.54) is 0 Å². The second-order valence-electron chi connectivity index (χ2n) is 7.39. The van der Waals surface area contributed by atoms with Crippen LogP contribution in [0, 0.1) is 6.92 Å². The van der Waals surface area contributed by atoms with Crippen molar-refractivity contribution >= 4 is 29.3 Å². The van der Waals surface area contributed by atoms with Crippen LogP contribution >= 0.6 is 11.6 Å². The minimum Gasteiger partial charge on any atom is -0.379 e. The molecule has 0 radical (unpaired) electrons. The zero-order valence-electron chi connectivity index (χ0n) is 16.2. The Morgan fingerprint density at radius 1 is 1.31 bits per heavy atom. The third kappa shape index (κ3) is 3.63. The predicted molar refractivity (Wildman–Crippen MR) is 110 cm³/mol. The van der Waals surface area contributed by atoms with Gasteiger partial charge in [0.15, 0.2) is 5.60 Å². The molecule has 2 unspecified atom stereocenters. The minimum atomic E-state index is -1.09. The van der Waals surface area contributed by atoms with Gasteiger partial charge in [0.1, 0.15) is 5.82 Å². The smallest absolute Gasteiger partial charge is 0.254 e. The lowest BCUT2D eigenvalue weighted by atomic mass is 9.84. The van der Waals surface area contributed by atoms with Gasteiger partial charge in [-0.2, -0.15) is 4.98 Å². The van der Waals surface area contributed by atoms with Gasteiger partial charge in [0.05, 0.1) is 19.3 Å². The molecule has 3 heterocycles. The highest BCUT2D eigenvalue weighted by molar-refractivity contribution is 6.31. The number of benzene rings is 1. The summed E-state index contributed by atoms with van der Waals surface area (Å²) < 4.78 is 11.5. The highest BCUT2D eigenvalue weighted by Crippen LogP contribution is 2.41. The number of aryl methyl sites for hydroxylation is 1. The van der Waals surface area contributed by atoms with E-state index in [2.05, 4.69) is 14.9 Å². The molecule has 29 heavy (non-hydrogen) atoms. The molecule has 9 heteroatoms. The molecule has 1 amide bonds. The van der Waals surface area contributed by atoms with Crippen LogP contribution in [0.15, 0.2) is 24.3 Å². The lowest BCUT2D eigenvalue weighted by Crippen LogP contribution is -2.51. The van der Waals surface area contributed by atoms with Gasteiger partial charge in [-0.3, -0.25) is 4.79 Å². The van der Waals surface area contributed by atoms with Crippen LogP contribution in [-0.2, 0) is 19.9 Å². The fourth-order valence-corrected chi connectivity index (χ4v) is 4.20. The van der Waals surface area contributed by atoms with Crippen LogP contribution in [0.2, 0.25) is 5.02 Å². The number of anilines is 2. The van der Waals surface area contributed by atoms with Crippen LogP contribution in [0.3, 0.4) is 0 Å². The van der Waals surface area contributed by atoms with Gasteiger partial charge in [-0.05, 0) is 36.6 Å². The maximum atomic E-state index is 12.1. The van der Waals surface area contributed by atoms with Crippen molar-refractivity contribution in [2.75, 3.05) is 37.0 Å². The summed E-state index contributed by atoms with van der Waals surface area (Å²) in [5.74, 6) is 0.445. The van der Waals surface area contributed by atoms with Crippen LogP contribution in [-0.4, -0.2) is 42.2 Å². The molecule has 2 aromatic rings. The average Bonchev–Trinajstić information content (AvgIpc) is 2.87. The monoisotopic (exact) mass is 417 g/mol. The molecule has 4 N–H and O–H groups in total. The number of halogens is 1. The first kappa shape index (κ1) is 19.9. The summed E-state index contributed by atoms with van der Waals surface area (Å²) in [4.78, 5) is 22.8. The third-order valence-electron chi connectivity index (χ3n) is 5.51. The molecule has 0 bridgehead atoms. The van der Waals surface area contributed by atoms with E-state index < -0.39 is 11.5 Å². The van der Waals surface area contributed by atoms with Crippen LogP contribution in [0.5, 0.6) is 0 Å². The Morgan fingerprint density at radius 2 is 2.10 bits per heavy atom. The SMILES string of the molecule is Cc1cc(N2CCCOCC2c2cc(C3(C(N)=O)CCO3)ccc2Cl)nc(N)n1. The van der Waals surface area contributed by atoms with Crippen LogP contribution in [0.4, 0.5) is 11.8 Å². The van der Waals surface area contributed by atoms with Crippen molar-refractivity contribution in [3.63, 3.8) is 0 Å². The Kier molecular flexibility index (Phi) is 5.33. The Labute approximate surface area is 174 Å². The third-order valence-corrected chi connectivity index (χ3v) is 5.86. The lowest BCUT2D eigenvalue weighted by molar-refractivity contribution is -0.177. The van der Waals surface area contributed by atoms with E-state index in [0.717, 1.165) is 30.0 Å². The van der Waals surface area contributed by atoms with E-state index in [1.54, 1.807) is 12.1 Å². The van der Waals surface area contributed by atoms with Gasteiger partial charge in [0.2, 0.25) is 5.95 Å². The van der Waals surface area contributed by atoms with Crippen molar-refractivity contribution < 1.29 is 14.3 Å². The van der Waals surface area contributed by atoms with Crippen molar-refractivity contribution in [3.8, 4) is 0 Å². The Bertz CT molecular complexity index is 914. The molecule has 2 atom stereocenters. The van der Waals surface area contributed by atoms with Gasteiger partial charge in [-0.1, -0.05) is 17.7 Å². The van der Waals surface area contributed by atoms with E-state index >= 15 is 0 Å². The Hall–Kier alpha value is -2.42. The molecule has 0 spiro atoms. The van der Waals surface area contributed by atoms with Gasteiger partial charge in [0, 0.05) is 36.4 Å². The Balaban J connectivity index is 1.78.